The van der Waals surface area contributed by atoms with Crippen molar-refractivity contribution in [2.45, 2.75) is 0 Å². The van der Waals surface area contributed by atoms with E-state index in [0.29, 0.717) is 0 Å². The molecule has 0 saturated heterocycles. The maximum Gasteiger partial charge on any atom is 0.0562 e. The van der Waals surface area contributed by atoms with Crippen LogP contribution in [0.2, 0.25) is 0 Å². The van der Waals surface area contributed by atoms with Crippen LogP contribution in [0.15, 0.2) is 158 Å². The molecule has 210 valence electrons. The van der Waals surface area contributed by atoms with Gasteiger partial charge in [0, 0.05) is 53.1 Å². The first-order chi connectivity index (χ1) is 22.3. The molecule has 0 radical (unpaired) electrons. The predicted molar refractivity (Wildman–Crippen MR) is 193 cm³/mol. The Hall–Kier alpha value is -5.64. The van der Waals surface area contributed by atoms with E-state index in [1.54, 1.807) is 0 Å². The van der Waals surface area contributed by atoms with Gasteiger partial charge in [-0.15, -0.1) is 11.3 Å². The van der Waals surface area contributed by atoms with Crippen LogP contribution in [-0.2, 0) is 0 Å². The van der Waals surface area contributed by atoms with E-state index in [4.69, 9.17) is 0 Å². The van der Waals surface area contributed by atoms with Crippen LogP contribution in [0.1, 0.15) is 0 Å². The summed E-state index contributed by atoms with van der Waals surface area (Å²) in [7, 11) is 0. The second kappa shape index (κ2) is 9.43. The third-order valence-electron chi connectivity index (χ3n) is 9.32. The fourth-order valence-corrected chi connectivity index (χ4v) is 8.36. The largest absolute Gasteiger partial charge is 0.309 e. The maximum atomic E-state index is 2.43. The molecular formula is C42H26N2S. The van der Waals surface area contributed by atoms with Gasteiger partial charge in [-0.3, -0.25) is 0 Å². The molecule has 0 fully saturated rings. The SMILES string of the molecule is c1ccc(-n2c3ccccc3c3cc4c5ccccc5n(-c5ccc(-c6ccc7sc8ccccc8c7c6)cc5)c4cc32)cc1. The molecule has 3 heterocycles. The number of hydrogen-bond acceptors (Lipinski definition) is 1. The van der Waals surface area contributed by atoms with E-state index >= 15 is 0 Å². The van der Waals surface area contributed by atoms with Gasteiger partial charge < -0.3 is 9.13 Å². The summed E-state index contributed by atoms with van der Waals surface area (Å²) in [6, 6.07) is 57.7. The Balaban J connectivity index is 1.19. The molecule has 0 amide bonds. The summed E-state index contributed by atoms with van der Waals surface area (Å²) in [5.41, 5.74) is 9.67. The number of hydrogen-bond donors (Lipinski definition) is 0. The van der Waals surface area contributed by atoms with E-state index < -0.39 is 0 Å². The Morgan fingerprint density at radius 1 is 0.311 bits per heavy atom. The van der Waals surface area contributed by atoms with E-state index in [1.807, 2.05) is 11.3 Å². The molecule has 0 aliphatic carbocycles. The minimum absolute atomic E-state index is 1.16. The topological polar surface area (TPSA) is 9.86 Å². The molecule has 10 rings (SSSR count). The number of thiophene rings is 1. The molecule has 45 heavy (non-hydrogen) atoms. The van der Waals surface area contributed by atoms with Crippen LogP contribution >= 0.6 is 11.3 Å². The minimum atomic E-state index is 1.16. The Bertz CT molecular complexity index is 2740. The quantitative estimate of drug-likeness (QED) is 0.194. The van der Waals surface area contributed by atoms with Crippen LogP contribution in [0.4, 0.5) is 0 Å². The van der Waals surface area contributed by atoms with Crippen LogP contribution in [-0.4, -0.2) is 9.13 Å². The summed E-state index contributed by atoms with van der Waals surface area (Å²) in [6.07, 6.45) is 0. The van der Waals surface area contributed by atoms with Crippen molar-refractivity contribution in [1.82, 2.24) is 9.13 Å². The van der Waals surface area contributed by atoms with Gasteiger partial charge >= 0.3 is 0 Å². The van der Waals surface area contributed by atoms with Crippen molar-refractivity contribution < 1.29 is 0 Å². The average molecular weight is 591 g/mol. The molecule has 10 aromatic rings. The van der Waals surface area contributed by atoms with E-state index in [1.165, 1.54) is 80.6 Å². The summed E-state index contributed by atoms with van der Waals surface area (Å²) >= 11 is 1.86. The van der Waals surface area contributed by atoms with Gasteiger partial charge in [0.1, 0.15) is 0 Å². The predicted octanol–water partition coefficient (Wildman–Crippen LogP) is 11.9. The van der Waals surface area contributed by atoms with E-state index in [9.17, 15) is 0 Å². The Morgan fingerprint density at radius 3 is 1.53 bits per heavy atom. The molecule has 0 bridgehead atoms. The van der Waals surface area contributed by atoms with Gasteiger partial charge in [-0.1, -0.05) is 91.0 Å². The summed E-state index contributed by atoms with van der Waals surface area (Å²) in [5.74, 6) is 0. The molecule has 3 heteroatoms. The van der Waals surface area contributed by atoms with Crippen LogP contribution < -0.4 is 0 Å². The van der Waals surface area contributed by atoms with Gasteiger partial charge in [0.15, 0.2) is 0 Å². The van der Waals surface area contributed by atoms with Gasteiger partial charge in [0.05, 0.1) is 22.1 Å². The van der Waals surface area contributed by atoms with Gasteiger partial charge in [0.2, 0.25) is 0 Å². The zero-order chi connectivity index (χ0) is 29.5. The van der Waals surface area contributed by atoms with Crippen LogP contribution in [0.3, 0.4) is 0 Å². The second-order valence-corrected chi connectivity index (χ2v) is 12.9. The molecule has 0 saturated carbocycles. The van der Waals surface area contributed by atoms with Crippen molar-refractivity contribution in [3.63, 3.8) is 0 Å². The molecule has 3 aromatic heterocycles. The smallest absolute Gasteiger partial charge is 0.0562 e. The number of fused-ring (bicyclic) bond motifs is 9. The first-order valence-corrected chi connectivity index (χ1v) is 16.2. The van der Waals surface area contributed by atoms with Gasteiger partial charge in [0.25, 0.3) is 0 Å². The van der Waals surface area contributed by atoms with E-state index in [2.05, 4.69) is 167 Å². The number of para-hydroxylation sites is 3. The Kier molecular flexibility index (Phi) is 5.19. The number of nitrogens with zero attached hydrogens (tertiary/aromatic N) is 2. The van der Waals surface area contributed by atoms with Crippen molar-refractivity contribution in [3.05, 3.63) is 158 Å². The molecule has 0 aliphatic rings. The van der Waals surface area contributed by atoms with Crippen molar-refractivity contribution in [2.24, 2.45) is 0 Å². The standard InChI is InChI=1S/C42H26N2S/c1-2-10-29(11-3-1)43-37-15-7-4-12-31(37)34-25-35-32-13-5-8-16-38(32)44(40(35)26-39(34)43)30-21-18-27(19-22-30)28-20-23-42-36(24-28)33-14-6-9-17-41(33)45-42/h1-26H. The van der Waals surface area contributed by atoms with E-state index in [0.717, 1.165) is 5.69 Å². The number of rotatable bonds is 3. The molecule has 0 spiro atoms. The van der Waals surface area contributed by atoms with Crippen LogP contribution in [0.25, 0.3) is 86.3 Å². The normalized spacial score (nSPS) is 12.0. The zero-order valence-electron chi connectivity index (χ0n) is 24.3. The highest BCUT2D eigenvalue weighted by atomic mass is 32.1. The van der Waals surface area contributed by atoms with Crippen molar-refractivity contribution in [2.75, 3.05) is 0 Å². The van der Waals surface area contributed by atoms with Crippen molar-refractivity contribution in [3.8, 4) is 22.5 Å². The molecule has 0 unspecified atom stereocenters. The van der Waals surface area contributed by atoms with Gasteiger partial charge in [-0.25, -0.2) is 0 Å². The van der Waals surface area contributed by atoms with Gasteiger partial charge in [-0.2, -0.15) is 0 Å². The minimum Gasteiger partial charge on any atom is -0.309 e. The maximum absolute atomic E-state index is 2.43. The lowest BCUT2D eigenvalue weighted by Crippen LogP contribution is -1.95. The highest BCUT2D eigenvalue weighted by molar-refractivity contribution is 7.25. The molecule has 0 atom stereocenters. The lowest BCUT2D eigenvalue weighted by atomic mass is 10.0. The summed E-state index contributed by atoms with van der Waals surface area (Å²) in [4.78, 5) is 0. The first kappa shape index (κ1) is 24.8. The Labute approximate surface area is 263 Å². The van der Waals surface area contributed by atoms with Gasteiger partial charge in [-0.05, 0) is 77.9 Å². The summed E-state index contributed by atoms with van der Waals surface area (Å²) in [6.45, 7) is 0. The highest BCUT2D eigenvalue weighted by Crippen LogP contribution is 2.40. The number of benzene rings is 7. The third-order valence-corrected chi connectivity index (χ3v) is 10.5. The fraction of sp³-hybridized carbons (Fsp3) is 0. The van der Waals surface area contributed by atoms with Crippen LogP contribution in [0.5, 0.6) is 0 Å². The van der Waals surface area contributed by atoms with Crippen molar-refractivity contribution >= 4 is 75.1 Å². The molecule has 2 nitrogen and oxygen atoms in total. The fourth-order valence-electron chi connectivity index (χ4n) is 7.27. The molecule has 7 aromatic carbocycles. The second-order valence-electron chi connectivity index (χ2n) is 11.8. The lowest BCUT2D eigenvalue weighted by molar-refractivity contribution is 1.16. The summed E-state index contributed by atoms with van der Waals surface area (Å²) in [5, 5.41) is 7.75. The first-order valence-electron chi connectivity index (χ1n) is 15.4. The molecule has 0 aliphatic heterocycles. The van der Waals surface area contributed by atoms with E-state index in [-0.39, 0.29) is 0 Å². The van der Waals surface area contributed by atoms with Crippen LogP contribution in [0, 0.1) is 0 Å². The molecule has 0 N–H and O–H groups in total. The monoisotopic (exact) mass is 590 g/mol. The van der Waals surface area contributed by atoms with Crippen molar-refractivity contribution in [1.29, 1.82) is 0 Å². The zero-order valence-corrected chi connectivity index (χ0v) is 25.1. The highest BCUT2D eigenvalue weighted by Gasteiger charge is 2.18. The molecular weight excluding hydrogens is 565 g/mol. The summed E-state index contributed by atoms with van der Waals surface area (Å²) < 4.78 is 7.50. The number of aromatic nitrogens is 2. The Morgan fingerprint density at radius 2 is 0.844 bits per heavy atom. The average Bonchev–Trinajstić information content (AvgIpc) is 3.75. The third kappa shape index (κ3) is 3.62. The lowest BCUT2D eigenvalue weighted by Gasteiger charge is -2.11.